The Morgan fingerprint density at radius 2 is 1.05 bits per heavy atom. The minimum absolute atomic E-state index is 0.725. The third-order valence-electron chi connectivity index (χ3n) is 8.54. The van der Waals surface area contributed by atoms with Crippen molar-refractivity contribution in [1.29, 1.82) is 0 Å². The number of nitrogens with zero attached hydrogens (tertiary/aromatic N) is 1. The quantitative estimate of drug-likeness (QED) is 0.193. The summed E-state index contributed by atoms with van der Waals surface area (Å²) < 4.78 is 28.2. The summed E-state index contributed by atoms with van der Waals surface area (Å²) in [6, 6.07) is 47.8. The van der Waals surface area contributed by atoms with Crippen LogP contribution in [-0.2, 0) is 4.57 Å². The number of pyridine rings is 1. The number of hydrogen-bond acceptors (Lipinski definition) is 4. The third-order valence-corrected chi connectivity index (χ3v) is 11.6. The van der Waals surface area contributed by atoms with E-state index in [1.54, 1.807) is 0 Å². The van der Waals surface area contributed by atoms with Crippen LogP contribution in [0, 0.1) is 0 Å². The molecule has 6 aromatic carbocycles. The Morgan fingerprint density at radius 3 is 1.77 bits per heavy atom. The number of aromatic nitrogens is 1. The van der Waals surface area contributed by atoms with Gasteiger partial charge in [-0.2, -0.15) is 0 Å². The van der Waals surface area contributed by atoms with Crippen molar-refractivity contribution in [3.05, 3.63) is 146 Å². The lowest BCUT2D eigenvalue weighted by Gasteiger charge is -2.20. The Kier molecular flexibility index (Phi) is 5.44. The van der Waals surface area contributed by atoms with Crippen molar-refractivity contribution in [2.24, 2.45) is 0 Å². The van der Waals surface area contributed by atoms with Gasteiger partial charge in [0.05, 0.1) is 11.1 Å². The predicted octanol–water partition coefficient (Wildman–Crippen LogP) is 9.34. The maximum Gasteiger partial charge on any atom is 0.171 e. The molecule has 0 N–H and O–H groups in total. The van der Waals surface area contributed by atoms with E-state index in [1.807, 2.05) is 121 Å². The molecule has 0 spiro atoms. The van der Waals surface area contributed by atoms with Crippen molar-refractivity contribution in [2.75, 3.05) is 0 Å². The first-order chi connectivity index (χ1) is 21.7. The van der Waals surface area contributed by atoms with E-state index < -0.39 is 7.14 Å². The molecule has 4 nitrogen and oxygen atoms in total. The van der Waals surface area contributed by atoms with E-state index in [4.69, 9.17) is 13.8 Å². The summed E-state index contributed by atoms with van der Waals surface area (Å²) in [4.78, 5) is 5.34. The van der Waals surface area contributed by atoms with Gasteiger partial charge in [-0.3, -0.25) is 0 Å². The summed E-state index contributed by atoms with van der Waals surface area (Å²) in [6.45, 7) is 0. The summed E-state index contributed by atoms with van der Waals surface area (Å²) in [7, 11) is -3.19. The average Bonchev–Trinajstić information content (AvgIpc) is 3.68. The Hall–Kier alpha value is -5.44. The average molecular weight is 586 g/mol. The van der Waals surface area contributed by atoms with Crippen molar-refractivity contribution in [3.8, 4) is 11.3 Å². The van der Waals surface area contributed by atoms with E-state index in [1.165, 1.54) is 0 Å². The lowest BCUT2D eigenvalue weighted by atomic mass is 10.0. The maximum absolute atomic E-state index is 15.3. The minimum Gasteiger partial charge on any atom is -0.455 e. The summed E-state index contributed by atoms with van der Waals surface area (Å²) in [5, 5.41) is 7.18. The van der Waals surface area contributed by atoms with Gasteiger partial charge in [-0.1, -0.05) is 115 Å². The Morgan fingerprint density at radius 1 is 0.477 bits per heavy atom. The molecule has 0 fully saturated rings. The van der Waals surface area contributed by atoms with Crippen LogP contribution in [0.25, 0.3) is 66.0 Å². The molecule has 208 valence electrons. The van der Waals surface area contributed by atoms with Crippen LogP contribution in [0.3, 0.4) is 0 Å². The van der Waals surface area contributed by atoms with Crippen LogP contribution in [0.4, 0.5) is 0 Å². The van der Waals surface area contributed by atoms with E-state index in [0.29, 0.717) is 0 Å². The Bertz CT molecular complexity index is 2540. The molecule has 0 amide bonds. The lowest BCUT2D eigenvalue weighted by Crippen LogP contribution is -2.25. The van der Waals surface area contributed by atoms with Crippen molar-refractivity contribution >= 4 is 77.8 Å². The van der Waals surface area contributed by atoms with Gasteiger partial charge in [0.15, 0.2) is 12.7 Å². The highest BCUT2D eigenvalue weighted by molar-refractivity contribution is 7.85. The van der Waals surface area contributed by atoms with Crippen LogP contribution < -0.4 is 15.9 Å². The smallest absolute Gasteiger partial charge is 0.171 e. The predicted molar refractivity (Wildman–Crippen MR) is 181 cm³/mol. The highest BCUT2D eigenvalue weighted by Crippen LogP contribution is 2.45. The number of furan rings is 2. The van der Waals surface area contributed by atoms with Gasteiger partial charge in [-0.15, -0.1) is 0 Å². The third kappa shape index (κ3) is 3.58. The number of rotatable bonds is 4. The summed E-state index contributed by atoms with van der Waals surface area (Å²) in [6.07, 6.45) is 0. The van der Waals surface area contributed by atoms with E-state index >= 15 is 4.57 Å². The van der Waals surface area contributed by atoms with Gasteiger partial charge in [0, 0.05) is 43.0 Å². The minimum atomic E-state index is -3.19. The van der Waals surface area contributed by atoms with E-state index in [9.17, 15) is 0 Å². The molecule has 0 saturated heterocycles. The van der Waals surface area contributed by atoms with Gasteiger partial charge in [-0.25, -0.2) is 4.98 Å². The second-order valence-electron chi connectivity index (χ2n) is 11.0. The molecule has 3 heterocycles. The van der Waals surface area contributed by atoms with E-state index in [-0.39, 0.29) is 0 Å². The van der Waals surface area contributed by atoms with Crippen molar-refractivity contribution < 1.29 is 13.4 Å². The zero-order chi connectivity index (χ0) is 29.3. The monoisotopic (exact) mass is 585 g/mol. The molecular weight excluding hydrogens is 561 g/mol. The normalized spacial score (nSPS) is 12.2. The number of benzene rings is 6. The second-order valence-corrected chi connectivity index (χ2v) is 13.8. The SMILES string of the molecule is O=P(c1ccccc1)(c1ccccc1)c1cccc(-c2nc3c(ccc4c5ccccc5oc43)c3oc4ccccc4c23)c1. The summed E-state index contributed by atoms with van der Waals surface area (Å²) >= 11 is 0. The van der Waals surface area contributed by atoms with Crippen LogP contribution in [0.2, 0.25) is 0 Å². The lowest BCUT2D eigenvalue weighted by molar-refractivity contribution is 0.592. The van der Waals surface area contributed by atoms with Gasteiger partial charge >= 0.3 is 0 Å². The maximum atomic E-state index is 15.3. The van der Waals surface area contributed by atoms with Gasteiger partial charge in [0.2, 0.25) is 0 Å². The van der Waals surface area contributed by atoms with Crippen LogP contribution in [-0.4, -0.2) is 4.98 Å². The van der Waals surface area contributed by atoms with Crippen LogP contribution in [0.1, 0.15) is 0 Å². The highest BCUT2D eigenvalue weighted by atomic mass is 31.2. The second kappa shape index (κ2) is 9.54. The fraction of sp³-hybridized carbons (Fsp3) is 0. The van der Waals surface area contributed by atoms with Crippen molar-refractivity contribution in [3.63, 3.8) is 0 Å². The topological polar surface area (TPSA) is 56.2 Å². The number of hydrogen-bond donors (Lipinski definition) is 0. The Balaban J connectivity index is 1.38. The molecule has 0 bridgehead atoms. The van der Waals surface area contributed by atoms with Gasteiger partial charge in [0.25, 0.3) is 0 Å². The molecule has 0 saturated carbocycles. The highest BCUT2D eigenvalue weighted by Gasteiger charge is 2.30. The zero-order valence-electron chi connectivity index (χ0n) is 23.5. The molecule has 44 heavy (non-hydrogen) atoms. The fourth-order valence-electron chi connectivity index (χ4n) is 6.49. The van der Waals surface area contributed by atoms with Gasteiger partial charge < -0.3 is 13.4 Å². The number of fused-ring (bicyclic) bond motifs is 9. The van der Waals surface area contributed by atoms with E-state index in [0.717, 1.165) is 82.0 Å². The molecule has 0 aliphatic heterocycles. The first kappa shape index (κ1) is 25.1. The fourth-order valence-corrected chi connectivity index (χ4v) is 9.18. The molecule has 0 atom stereocenters. The van der Waals surface area contributed by atoms with E-state index in [2.05, 4.69) is 24.3 Å². The van der Waals surface area contributed by atoms with Gasteiger partial charge in [-0.05, 0) is 30.3 Å². The first-order valence-electron chi connectivity index (χ1n) is 14.6. The first-order valence-corrected chi connectivity index (χ1v) is 16.3. The summed E-state index contributed by atoms with van der Waals surface area (Å²) in [5.74, 6) is 0. The summed E-state index contributed by atoms with van der Waals surface area (Å²) in [5.41, 5.74) is 5.45. The van der Waals surface area contributed by atoms with Crippen LogP contribution in [0.15, 0.2) is 154 Å². The van der Waals surface area contributed by atoms with Crippen LogP contribution >= 0.6 is 7.14 Å². The van der Waals surface area contributed by atoms with Gasteiger partial charge in [0.1, 0.15) is 22.3 Å². The van der Waals surface area contributed by atoms with Crippen molar-refractivity contribution in [1.82, 2.24) is 4.98 Å². The molecule has 0 radical (unpaired) electrons. The zero-order valence-corrected chi connectivity index (χ0v) is 24.4. The molecule has 3 aromatic heterocycles. The largest absolute Gasteiger partial charge is 0.455 e. The standard InChI is InChI=1S/C39H24NO3P/c41-44(26-13-3-1-4-14-26,27-15-5-2-6-16-27)28-17-11-12-25(24-28)36-35-31-19-8-10-21-34(31)42-38(35)32-23-22-30-29-18-7-9-20-33(29)43-39(30)37(32)40-36/h1-24H. The Labute approximate surface area is 252 Å². The molecule has 0 aliphatic rings. The molecular formula is C39H24NO3P. The molecule has 0 aliphatic carbocycles. The van der Waals surface area contributed by atoms with Crippen molar-refractivity contribution in [2.45, 2.75) is 0 Å². The molecule has 5 heteroatoms. The molecule has 9 aromatic rings. The number of para-hydroxylation sites is 2. The van der Waals surface area contributed by atoms with Crippen LogP contribution in [0.5, 0.6) is 0 Å². The molecule has 9 rings (SSSR count). The molecule has 0 unspecified atom stereocenters.